The van der Waals surface area contributed by atoms with E-state index in [9.17, 15) is 14.7 Å². The SMILES string of the molecule is O=C(O)/C(O)=C1\CCc2ccccc2C1=O. The molecule has 1 aromatic rings. The summed E-state index contributed by atoms with van der Waals surface area (Å²) < 4.78 is 0. The molecule has 82 valence electrons. The van der Waals surface area contributed by atoms with Crippen molar-refractivity contribution in [2.45, 2.75) is 12.8 Å². The number of hydrogen-bond donors (Lipinski definition) is 2. The maximum atomic E-state index is 11.9. The Hall–Kier alpha value is -2.10. The van der Waals surface area contributed by atoms with Gasteiger partial charge in [-0.3, -0.25) is 4.79 Å². The van der Waals surface area contributed by atoms with Crippen LogP contribution in [0.2, 0.25) is 0 Å². The van der Waals surface area contributed by atoms with E-state index in [2.05, 4.69) is 0 Å². The van der Waals surface area contributed by atoms with E-state index in [0.717, 1.165) is 5.56 Å². The predicted molar refractivity (Wildman–Crippen MR) is 56.4 cm³/mol. The number of carboxylic acid groups (broad SMARTS) is 1. The highest BCUT2D eigenvalue weighted by Gasteiger charge is 2.26. The number of rotatable bonds is 1. The summed E-state index contributed by atoms with van der Waals surface area (Å²) in [6, 6.07) is 7.03. The molecular formula is C12H10O4. The number of allylic oxidation sites excluding steroid dienone is 1. The maximum absolute atomic E-state index is 11.9. The second kappa shape index (κ2) is 3.81. The van der Waals surface area contributed by atoms with Crippen molar-refractivity contribution in [3.63, 3.8) is 0 Å². The van der Waals surface area contributed by atoms with Crippen LogP contribution in [0.5, 0.6) is 0 Å². The molecule has 0 saturated carbocycles. The highest BCUT2D eigenvalue weighted by molar-refractivity contribution is 6.13. The minimum Gasteiger partial charge on any atom is -0.502 e. The average molecular weight is 218 g/mol. The zero-order chi connectivity index (χ0) is 11.7. The topological polar surface area (TPSA) is 74.6 Å². The number of hydrogen-bond acceptors (Lipinski definition) is 3. The molecule has 4 nitrogen and oxygen atoms in total. The quantitative estimate of drug-likeness (QED) is 0.555. The molecule has 1 aromatic carbocycles. The summed E-state index contributed by atoms with van der Waals surface area (Å²) in [7, 11) is 0. The van der Waals surface area contributed by atoms with Crippen LogP contribution in [0.1, 0.15) is 22.3 Å². The van der Waals surface area contributed by atoms with Gasteiger partial charge in [0.25, 0.3) is 0 Å². The number of aliphatic hydroxyl groups is 1. The maximum Gasteiger partial charge on any atom is 0.371 e. The number of aryl methyl sites for hydroxylation is 1. The largest absolute Gasteiger partial charge is 0.502 e. The van der Waals surface area contributed by atoms with E-state index >= 15 is 0 Å². The Bertz CT molecular complexity index is 499. The minimum atomic E-state index is -1.46. The summed E-state index contributed by atoms with van der Waals surface area (Å²) in [5, 5.41) is 17.9. The van der Waals surface area contributed by atoms with Crippen molar-refractivity contribution in [2.24, 2.45) is 0 Å². The number of aliphatic carboxylic acids is 1. The van der Waals surface area contributed by atoms with Crippen molar-refractivity contribution in [2.75, 3.05) is 0 Å². The van der Waals surface area contributed by atoms with E-state index in [0.29, 0.717) is 12.0 Å². The van der Waals surface area contributed by atoms with Crippen molar-refractivity contribution in [1.82, 2.24) is 0 Å². The molecule has 4 heteroatoms. The lowest BCUT2D eigenvalue weighted by Gasteiger charge is -2.17. The van der Waals surface area contributed by atoms with Gasteiger partial charge in [0.15, 0.2) is 5.78 Å². The Morgan fingerprint density at radius 1 is 1.12 bits per heavy atom. The zero-order valence-electron chi connectivity index (χ0n) is 8.43. The van der Waals surface area contributed by atoms with Crippen molar-refractivity contribution in [3.05, 3.63) is 46.7 Å². The van der Waals surface area contributed by atoms with Crippen LogP contribution >= 0.6 is 0 Å². The fourth-order valence-corrected chi connectivity index (χ4v) is 1.85. The number of aliphatic hydroxyl groups excluding tert-OH is 1. The summed E-state index contributed by atoms with van der Waals surface area (Å²) >= 11 is 0. The molecule has 0 fully saturated rings. The van der Waals surface area contributed by atoms with Crippen LogP contribution in [0.3, 0.4) is 0 Å². The lowest BCUT2D eigenvalue weighted by Crippen LogP contribution is -2.18. The van der Waals surface area contributed by atoms with Gasteiger partial charge in [-0.1, -0.05) is 24.3 Å². The monoisotopic (exact) mass is 218 g/mol. The molecule has 0 aromatic heterocycles. The zero-order valence-corrected chi connectivity index (χ0v) is 8.43. The molecule has 0 heterocycles. The van der Waals surface area contributed by atoms with Gasteiger partial charge >= 0.3 is 5.97 Å². The number of carbonyl (C=O) groups excluding carboxylic acids is 1. The van der Waals surface area contributed by atoms with E-state index in [-0.39, 0.29) is 17.8 Å². The van der Waals surface area contributed by atoms with Gasteiger partial charge in [0.2, 0.25) is 5.76 Å². The fraction of sp³-hybridized carbons (Fsp3) is 0.167. The van der Waals surface area contributed by atoms with E-state index < -0.39 is 11.7 Å². The van der Waals surface area contributed by atoms with Gasteiger partial charge in [0.1, 0.15) is 0 Å². The summed E-state index contributed by atoms with van der Waals surface area (Å²) in [5.74, 6) is -2.68. The fourth-order valence-electron chi connectivity index (χ4n) is 1.85. The van der Waals surface area contributed by atoms with Gasteiger partial charge in [-0.05, 0) is 18.4 Å². The number of ketones is 1. The van der Waals surface area contributed by atoms with Crippen LogP contribution in [-0.4, -0.2) is 22.0 Å². The Balaban J connectivity index is 2.50. The average Bonchev–Trinajstić information content (AvgIpc) is 2.29. The smallest absolute Gasteiger partial charge is 0.371 e. The van der Waals surface area contributed by atoms with Crippen LogP contribution < -0.4 is 0 Å². The van der Waals surface area contributed by atoms with E-state index in [1.54, 1.807) is 12.1 Å². The molecule has 2 rings (SSSR count). The second-order valence-electron chi connectivity index (χ2n) is 3.62. The third kappa shape index (κ3) is 1.58. The third-order valence-corrected chi connectivity index (χ3v) is 2.67. The van der Waals surface area contributed by atoms with Crippen molar-refractivity contribution in [3.8, 4) is 0 Å². The molecule has 2 N–H and O–H groups in total. The molecule has 0 unspecified atom stereocenters. The standard InChI is InChI=1S/C12H10O4/c13-10-8-4-2-1-3-7(8)5-6-9(10)11(14)12(15)16/h1-4,14H,5-6H2,(H,15,16)/b11-9-. The molecule has 1 aliphatic carbocycles. The summed E-state index contributed by atoms with van der Waals surface area (Å²) in [6.07, 6.45) is 0.850. The van der Waals surface area contributed by atoms with Crippen molar-refractivity contribution < 1.29 is 19.8 Å². The lowest BCUT2D eigenvalue weighted by molar-refractivity contribution is -0.135. The van der Waals surface area contributed by atoms with Gasteiger partial charge in [-0.2, -0.15) is 0 Å². The first kappa shape index (κ1) is 10.4. The Morgan fingerprint density at radius 2 is 1.81 bits per heavy atom. The normalized spacial score (nSPS) is 17.9. The van der Waals surface area contributed by atoms with Gasteiger partial charge in [0.05, 0.1) is 0 Å². The predicted octanol–water partition coefficient (Wildman–Crippen LogP) is 1.71. The molecule has 0 radical (unpaired) electrons. The first-order valence-electron chi connectivity index (χ1n) is 4.89. The first-order valence-corrected chi connectivity index (χ1v) is 4.89. The summed E-state index contributed by atoms with van der Waals surface area (Å²) in [6.45, 7) is 0. The summed E-state index contributed by atoms with van der Waals surface area (Å²) in [5.41, 5.74) is 1.37. The van der Waals surface area contributed by atoms with Crippen LogP contribution in [-0.2, 0) is 11.2 Å². The van der Waals surface area contributed by atoms with Crippen molar-refractivity contribution in [1.29, 1.82) is 0 Å². The van der Waals surface area contributed by atoms with E-state index in [4.69, 9.17) is 5.11 Å². The highest BCUT2D eigenvalue weighted by Crippen LogP contribution is 2.26. The van der Waals surface area contributed by atoms with Crippen LogP contribution in [0.4, 0.5) is 0 Å². The molecule has 0 spiro atoms. The van der Waals surface area contributed by atoms with Gasteiger partial charge in [-0.15, -0.1) is 0 Å². The van der Waals surface area contributed by atoms with E-state index in [1.165, 1.54) is 0 Å². The number of carboxylic acids is 1. The number of benzene rings is 1. The van der Waals surface area contributed by atoms with Gasteiger partial charge in [0, 0.05) is 11.1 Å². The Kier molecular flexibility index (Phi) is 2.48. The number of fused-ring (bicyclic) bond motifs is 1. The van der Waals surface area contributed by atoms with Crippen LogP contribution in [0.15, 0.2) is 35.6 Å². The molecule has 16 heavy (non-hydrogen) atoms. The minimum absolute atomic E-state index is 0.00815. The van der Waals surface area contributed by atoms with E-state index in [1.807, 2.05) is 12.1 Å². The van der Waals surface area contributed by atoms with Crippen molar-refractivity contribution >= 4 is 11.8 Å². The Morgan fingerprint density at radius 3 is 2.50 bits per heavy atom. The number of Topliss-reactive ketones (excluding diaryl/α,β-unsaturated/α-hetero) is 1. The Labute approximate surface area is 91.8 Å². The van der Waals surface area contributed by atoms with Crippen LogP contribution in [0.25, 0.3) is 0 Å². The first-order chi connectivity index (χ1) is 7.61. The molecule has 0 saturated heterocycles. The molecule has 0 amide bonds. The highest BCUT2D eigenvalue weighted by atomic mass is 16.4. The molecule has 0 aliphatic heterocycles. The van der Waals surface area contributed by atoms with Gasteiger partial charge < -0.3 is 10.2 Å². The molecule has 1 aliphatic rings. The molecule has 0 bridgehead atoms. The molecule has 0 atom stereocenters. The second-order valence-corrected chi connectivity index (χ2v) is 3.62. The summed E-state index contributed by atoms with van der Waals surface area (Å²) in [4.78, 5) is 22.5. The van der Waals surface area contributed by atoms with Gasteiger partial charge in [-0.25, -0.2) is 4.79 Å². The third-order valence-electron chi connectivity index (χ3n) is 2.67. The van der Waals surface area contributed by atoms with Crippen LogP contribution in [0, 0.1) is 0 Å². The molecular weight excluding hydrogens is 208 g/mol. The number of carbonyl (C=O) groups is 2. The lowest BCUT2D eigenvalue weighted by atomic mass is 9.86.